The summed E-state index contributed by atoms with van der Waals surface area (Å²) in [7, 11) is 0. The summed E-state index contributed by atoms with van der Waals surface area (Å²) in [6.45, 7) is 4.27. The van der Waals surface area contributed by atoms with E-state index in [1.807, 2.05) is 48.7 Å². The number of rotatable bonds is 2. The Bertz CT molecular complexity index is 2040. The number of aromatic nitrogens is 3. The molecule has 0 aliphatic rings. The molecule has 3 nitrogen and oxygen atoms in total. The third-order valence-electron chi connectivity index (χ3n) is 7.46. The normalized spacial score (nSPS) is 11.1. The van der Waals surface area contributed by atoms with E-state index in [2.05, 4.69) is 96.0 Å². The third kappa shape index (κ3) is 4.26. The molecule has 0 saturated heterocycles. The number of pyridine rings is 2. The van der Waals surface area contributed by atoms with Gasteiger partial charge in [-0.3, -0.25) is 0 Å². The maximum Gasteiger partial charge on any atom is 0.0564 e. The fourth-order valence-corrected chi connectivity index (χ4v) is 5.42. The second kappa shape index (κ2) is 10.7. The molecule has 4 heterocycles. The molecule has 0 bridgehead atoms. The maximum absolute atomic E-state index is 4.93. The Kier molecular flexibility index (Phi) is 6.89. The standard InChI is InChI=1S/C25H17N2.C11H8N.Ir/c1-15-11-12-17(13-16(15)2)24-23-19-8-4-6-10-22(19)27-21-9-5-3-7-18(21)20(14-26-24)25(23)27;1-2-6-10(7-3-1)11-8-4-5-9-12-11;/h3-11,13-14H,1-2H3;1-6,8-9H;/q2*-1;. The Morgan fingerprint density at radius 3 is 2.10 bits per heavy atom. The summed E-state index contributed by atoms with van der Waals surface area (Å²) in [4.78, 5) is 9.15. The molecule has 8 rings (SSSR count). The average molecular weight is 692 g/mol. The zero-order valence-electron chi connectivity index (χ0n) is 22.1. The van der Waals surface area contributed by atoms with Crippen LogP contribution in [0.1, 0.15) is 11.1 Å². The van der Waals surface area contributed by atoms with Gasteiger partial charge in [-0.25, -0.2) is 0 Å². The van der Waals surface area contributed by atoms with Crippen molar-refractivity contribution >= 4 is 38.1 Å². The SMILES string of the molecule is Cc1c[c-]c(-c2ncc3c4ccccc4n4c5ccccc5c2c34)cc1C.[Ir].[c-]1ccccc1-c1ccccn1. The van der Waals surface area contributed by atoms with Crippen LogP contribution in [0.4, 0.5) is 0 Å². The molecule has 4 aromatic carbocycles. The molecule has 0 unspecified atom stereocenters. The van der Waals surface area contributed by atoms with Crippen molar-refractivity contribution in [2.75, 3.05) is 0 Å². The van der Waals surface area contributed by atoms with Gasteiger partial charge in [-0.1, -0.05) is 62.4 Å². The molecule has 0 aliphatic carbocycles. The minimum atomic E-state index is 0. The van der Waals surface area contributed by atoms with Gasteiger partial charge in [0.15, 0.2) is 0 Å². The zero-order valence-corrected chi connectivity index (χ0v) is 24.5. The molecule has 0 spiro atoms. The van der Waals surface area contributed by atoms with E-state index in [-0.39, 0.29) is 20.1 Å². The van der Waals surface area contributed by atoms with Crippen LogP contribution in [0.3, 0.4) is 0 Å². The van der Waals surface area contributed by atoms with Crippen molar-refractivity contribution in [1.29, 1.82) is 0 Å². The molecular formula is C36H25IrN3-2. The molecule has 0 saturated carbocycles. The number of para-hydroxylation sites is 2. The fraction of sp³-hybridized carbons (Fsp3) is 0.0556. The number of benzene rings is 4. The summed E-state index contributed by atoms with van der Waals surface area (Å²) in [5.74, 6) is 0. The van der Waals surface area contributed by atoms with Crippen LogP contribution in [0.5, 0.6) is 0 Å². The van der Waals surface area contributed by atoms with Crippen LogP contribution in [-0.2, 0) is 20.1 Å². The van der Waals surface area contributed by atoms with Crippen molar-refractivity contribution in [1.82, 2.24) is 14.4 Å². The molecule has 40 heavy (non-hydrogen) atoms. The summed E-state index contributed by atoms with van der Waals surface area (Å²) >= 11 is 0. The molecule has 4 aromatic heterocycles. The molecule has 0 N–H and O–H groups in total. The second-order valence-electron chi connectivity index (χ2n) is 9.82. The monoisotopic (exact) mass is 692 g/mol. The van der Waals surface area contributed by atoms with Gasteiger partial charge in [-0.2, -0.15) is 0 Å². The van der Waals surface area contributed by atoms with Gasteiger partial charge >= 0.3 is 0 Å². The summed E-state index contributed by atoms with van der Waals surface area (Å²) in [5, 5.41) is 4.94. The predicted octanol–water partition coefficient (Wildman–Crippen LogP) is 8.86. The molecular weight excluding hydrogens is 667 g/mol. The predicted molar refractivity (Wildman–Crippen MR) is 161 cm³/mol. The smallest absolute Gasteiger partial charge is 0.0564 e. The van der Waals surface area contributed by atoms with E-state index >= 15 is 0 Å². The van der Waals surface area contributed by atoms with E-state index in [0.29, 0.717) is 0 Å². The quantitative estimate of drug-likeness (QED) is 0.170. The number of nitrogens with zero attached hydrogens (tertiary/aromatic N) is 3. The van der Waals surface area contributed by atoms with Gasteiger partial charge in [0, 0.05) is 48.7 Å². The Morgan fingerprint density at radius 1 is 0.650 bits per heavy atom. The number of fused-ring (bicyclic) bond motifs is 6. The summed E-state index contributed by atoms with van der Waals surface area (Å²) < 4.78 is 2.39. The van der Waals surface area contributed by atoms with E-state index in [4.69, 9.17) is 4.98 Å². The molecule has 0 fully saturated rings. The van der Waals surface area contributed by atoms with E-state index < -0.39 is 0 Å². The van der Waals surface area contributed by atoms with E-state index in [1.54, 1.807) is 6.20 Å². The topological polar surface area (TPSA) is 30.2 Å². The number of hydrogen-bond donors (Lipinski definition) is 0. The van der Waals surface area contributed by atoms with Gasteiger partial charge in [0.1, 0.15) is 0 Å². The number of hydrogen-bond acceptors (Lipinski definition) is 2. The van der Waals surface area contributed by atoms with Gasteiger partial charge < -0.3 is 14.4 Å². The van der Waals surface area contributed by atoms with Gasteiger partial charge in [-0.05, 0) is 35.0 Å². The Balaban J connectivity index is 0.000000188. The van der Waals surface area contributed by atoms with Gasteiger partial charge in [0.05, 0.1) is 16.6 Å². The molecule has 4 heteroatoms. The van der Waals surface area contributed by atoms with Gasteiger partial charge in [-0.15, -0.1) is 70.8 Å². The Hall–Kier alpha value is -4.37. The summed E-state index contributed by atoms with van der Waals surface area (Å²) in [6.07, 6.45) is 3.82. The van der Waals surface area contributed by atoms with E-state index in [9.17, 15) is 0 Å². The van der Waals surface area contributed by atoms with Crippen molar-refractivity contribution in [2.45, 2.75) is 13.8 Å². The first-order chi connectivity index (χ1) is 19.2. The fourth-order valence-electron chi connectivity index (χ4n) is 5.42. The van der Waals surface area contributed by atoms with Crippen LogP contribution in [0.25, 0.3) is 60.6 Å². The first-order valence-corrected chi connectivity index (χ1v) is 13.1. The molecule has 0 atom stereocenters. The van der Waals surface area contributed by atoms with Crippen LogP contribution in [0.2, 0.25) is 0 Å². The molecule has 0 amide bonds. The van der Waals surface area contributed by atoms with E-state index in [0.717, 1.165) is 22.5 Å². The van der Waals surface area contributed by atoms with Crippen LogP contribution >= 0.6 is 0 Å². The van der Waals surface area contributed by atoms with Crippen LogP contribution in [-0.4, -0.2) is 14.4 Å². The van der Waals surface area contributed by atoms with Gasteiger partial charge in [0.2, 0.25) is 0 Å². The maximum atomic E-state index is 4.93. The van der Waals surface area contributed by atoms with Crippen molar-refractivity contribution < 1.29 is 20.1 Å². The van der Waals surface area contributed by atoms with Crippen molar-refractivity contribution in [3.63, 3.8) is 0 Å². The van der Waals surface area contributed by atoms with Crippen molar-refractivity contribution in [3.05, 3.63) is 139 Å². The van der Waals surface area contributed by atoms with Crippen LogP contribution < -0.4 is 0 Å². The summed E-state index contributed by atoms with van der Waals surface area (Å²) in [5.41, 5.74) is 10.3. The third-order valence-corrected chi connectivity index (χ3v) is 7.46. The molecule has 195 valence electrons. The molecule has 0 aliphatic heterocycles. The first-order valence-electron chi connectivity index (χ1n) is 13.1. The summed E-state index contributed by atoms with van der Waals surface area (Å²) in [6, 6.07) is 41.8. The second-order valence-corrected chi connectivity index (χ2v) is 9.82. The Morgan fingerprint density at radius 2 is 1.38 bits per heavy atom. The van der Waals surface area contributed by atoms with Gasteiger partial charge in [0.25, 0.3) is 0 Å². The zero-order chi connectivity index (χ0) is 26.3. The number of aryl methyl sites for hydroxylation is 2. The van der Waals surface area contributed by atoms with Crippen molar-refractivity contribution in [2.24, 2.45) is 0 Å². The van der Waals surface area contributed by atoms with Crippen LogP contribution in [0, 0.1) is 26.0 Å². The average Bonchev–Trinajstić information content (AvgIpc) is 3.52. The molecule has 8 aromatic rings. The first kappa shape index (κ1) is 25.9. The van der Waals surface area contributed by atoms with E-state index in [1.165, 1.54) is 49.2 Å². The largest absolute Gasteiger partial charge is 0.309 e. The van der Waals surface area contributed by atoms with Crippen LogP contribution in [0.15, 0.2) is 116 Å². The van der Waals surface area contributed by atoms with Crippen molar-refractivity contribution in [3.8, 4) is 22.5 Å². The minimum absolute atomic E-state index is 0. The molecule has 1 radical (unpaired) electrons. The minimum Gasteiger partial charge on any atom is -0.309 e. The Labute approximate surface area is 246 Å².